The summed E-state index contributed by atoms with van der Waals surface area (Å²) in [6.07, 6.45) is 0.936. The van der Waals surface area contributed by atoms with Crippen LogP contribution >= 0.6 is 0 Å². The number of carbonyl (C=O) groups excluding carboxylic acids is 1. The molecule has 5 nitrogen and oxygen atoms in total. The molecule has 2 aromatic rings. The second kappa shape index (κ2) is 6.52. The average molecular weight is 358 g/mol. The molecular weight excluding hydrogens is 336 g/mol. The van der Waals surface area contributed by atoms with Crippen molar-refractivity contribution in [1.29, 1.82) is 0 Å². The fraction of sp³-hybridized carbons (Fsp3) is 0.316. The van der Waals surface area contributed by atoms with E-state index < -0.39 is 10.0 Å². The lowest BCUT2D eigenvalue weighted by atomic mass is 10.0. The first-order valence-corrected chi connectivity index (χ1v) is 9.79. The van der Waals surface area contributed by atoms with Crippen molar-refractivity contribution in [2.75, 3.05) is 16.2 Å². The molecule has 0 aromatic heterocycles. The van der Waals surface area contributed by atoms with Gasteiger partial charge in [-0.3, -0.25) is 9.10 Å². The van der Waals surface area contributed by atoms with E-state index in [1.54, 1.807) is 18.2 Å². The molecule has 0 saturated carbocycles. The zero-order valence-electron chi connectivity index (χ0n) is 14.7. The normalized spacial score (nSPS) is 14.0. The molecule has 0 aliphatic carbocycles. The van der Waals surface area contributed by atoms with Crippen LogP contribution in [0.15, 0.2) is 41.3 Å². The second-order valence-corrected chi connectivity index (χ2v) is 8.17. The summed E-state index contributed by atoms with van der Waals surface area (Å²) in [5.41, 5.74) is 4.40. The maximum Gasteiger partial charge on any atom is 0.264 e. The number of anilines is 2. The number of fused-ring (bicyclic) bond motifs is 1. The van der Waals surface area contributed by atoms with Crippen LogP contribution in [0, 0.1) is 13.8 Å². The van der Waals surface area contributed by atoms with E-state index in [-0.39, 0.29) is 10.8 Å². The van der Waals surface area contributed by atoms with Crippen molar-refractivity contribution in [3.05, 3.63) is 53.1 Å². The molecule has 1 N–H and O–H groups in total. The van der Waals surface area contributed by atoms with Crippen molar-refractivity contribution < 1.29 is 13.2 Å². The Morgan fingerprint density at radius 1 is 1.04 bits per heavy atom. The predicted molar refractivity (Wildman–Crippen MR) is 99.5 cm³/mol. The van der Waals surface area contributed by atoms with Crippen molar-refractivity contribution >= 4 is 27.3 Å². The van der Waals surface area contributed by atoms with Crippen LogP contribution in [-0.2, 0) is 21.2 Å². The molecule has 0 saturated heterocycles. The Hall–Kier alpha value is -2.34. The van der Waals surface area contributed by atoms with Crippen LogP contribution in [0.5, 0.6) is 0 Å². The second-order valence-electron chi connectivity index (χ2n) is 6.31. The van der Waals surface area contributed by atoms with E-state index in [0.717, 1.165) is 16.7 Å². The Bertz CT molecular complexity index is 936. The summed E-state index contributed by atoms with van der Waals surface area (Å²) in [6, 6.07) is 10.6. The fourth-order valence-electron chi connectivity index (χ4n) is 3.02. The van der Waals surface area contributed by atoms with Crippen LogP contribution in [0.2, 0.25) is 0 Å². The van der Waals surface area contributed by atoms with E-state index in [1.807, 2.05) is 39.0 Å². The molecule has 1 aliphatic rings. The zero-order chi connectivity index (χ0) is 18.2. The number of nitrogens with one attached hydrogen (secondary N) is 1. The maximum absolute atomic E-state index is 13.1. The summed E-state index contributed by atoms with van der Waals surface area (Å²) < 4.78 is 27.7. The molecule has 0 bridgehead atoms. The lowest BCUT2D eigenvalue weighted by molar-refractivity contribution is -0.116. The smallest absolute Gasteiger partial charge is 0.264 e. The van der Waals surface area contributed by atoms with Gasteiger partial charge < -0.3 is 5.32 Å². The van der Waals surface area contributed by atoms with Crippen molar-refractivity contribution in [3.8, 4) is 0 Å². The van der Waals surface area contributed by atoms with E-state index in [0.29, 0.717) is 30.8 Å². The monoisotopic (exact) mass is 358 g/mol. The van der Waals surface area contributed by atoms with Gasteiger partial charge in [-0.2, -0.15) is 0 Å². The van der Waals surface area contributed by atoms with E-state index in [4.69, 9.17) is 0 Å². The topological polar surface area (TPSA) is 66.5 Å². The van der Waals surface area contributed by atoms with Gasteiger partial charge in [-0.15, -0.1) is 0 Å². The number of hydrogen-bond donors (Lipinski definition) is 1. The standard InChI is InChI=1S/C19H22N2O3S/c1-4-21(16-7-5-13(2)14(3)11-16)25(23,24)17-8-9-18-15(12-17)6-10-19(22)20-18/h5,7-9,11-12H,4,6,10H2,1-3H3,(H,20,22). The number of sulfonamides is 1. The van der Waals surface area contributed by atoms with Gasteiger partial charge >= 0.3 is 0 Å². The lowest BCUT2D eigenvalue weighted by Crippen LogP contribution is -2.31. The van der Waals surface area contributed by atoms with Crippen LogP contribution < -0.4 is 9.62 Å². The van der Waals surface area contributed by atoms with Gasteiger partial charge in [0.25, 0.3) is 10.0 Å². The third-order valence-electron chi connectivity index (χ3n) is 4.63. The molecule has 0 unspecified atom stereocenters. The highest BCUT2D eigenvalue weighted by Gasteiger charge is 2.26. The first kappa shape index (κ1) is 17.5. The number of benzene rings is 2. The van der Waals surface area contributed by atoms with Gasteiger partial charge in [0, 0.05) is 18.7 Å². The first-order valence-electron chi connectivity index (χ1n) is 8.35. The molecular formula is C19H22N2O3S. The minimum absolute atomic E-state index is 0.0339. The number of rotatable bonds is 4. The van der Waals surface area contributed by atoms with Gasteiger partial charge in [0.2, 0.25) is 5.91 Å². The highest BCUT2D eigenvalue weighted by atomic mass is 32.2. The predicted octanol–water partition coefficient (Wildman–Crippen LogP) is 3.40. The number of hydrogen-bond acceptors (Lipinski definition) is 3. The minimum Gasteiger partial charge on any atom is -0.326 e. The molecule has 0 radical (unpaired) electrons. The van der Waals surface area contributed by atoms with E-state index in [9.17, 15) is 13.2 Å². The molecule has 0 atom stereocenters. The van der Waals surface area contributed by atoms with Gasteiger partial charge in [-0.05, 0) is 74.2 Å². The summed E-state index contributed by atoms with van der Waals surface area (Å²) in [5, 5.41) is 2.78. The van der Waals surface area contributed by atoms with E-state index >= 15 is 0 Å². The lowest BCUT2D eigenvalue weighted by Gasteiger charge is -2.25. The Kier molecular flexibility index (Phi) is 4.56. The van der Waals surface area contributed by atoms with Gasteiger partial charge in [-0.1, -0.05) is 6.07 Å². The molecule has 132 valence electrons. The summed E-state index contributed by atoms with van der Waals surface area (Å²) >= 11 is 0. The number of amides is 1. The summed E-state index contributed by atoms with van der Waals surface area (Å²) in [5.74, 6) is -0.0339. The highest BCUT2D eigenvalue weighted by Crippen LogP contribution is 2.29. The quantitative estimate of drug-likeness (QED) is 0.911. The Morgan fingerprint density at radius 2 is 1.80 bits per heavy atom. The van der Waals surface area contributed by atoms with Crippen LogP contribution in [-0.4, -0.2) is 20.9 Å². The SMILES string of the molecule is CCN(c1ccc(C)c(C)c1)S(=O)(=O)c1ccc2c(c1)CCC(=O)N2. The van der Waals surface area contributed by atoms with Gasteiger partial charge in [0.15, 0.2) is 0 Å². The van der Waals surface area contributed by atoms with Crippen LogP contribution in [0.3, 0.4) is 0 Å². The average Bonchev–Trinajstić information content (AvgIpc) is 2.58. The molecule has 1 amide bonds. The van der Waals surface area contributed by atoms with Gasteiger partial charge in [0.1, 0.15) is 0 Å². The number of carbonyl (C=O) groups is 1. The van der Waals surface area contributed by atoms with E-state index in [1.165, 1.54) is 4.31 Å². The molecule has 25 heavy (non-hydrogen) atoms. The Morgan fingerprint density at radius 3 is 2.48 bits per heavy atom. The summed E-state index contributed by atoms with van der Waals surface area (Å²) in [7, 11) is -3.66. The fourth-order valence-corrected chi connectivity index (χ4v) is 4.54. The molecule has 1 aliphatic heterocycles. The van der Waals surface area contributed by atoms with Crippen molar-refractivity contribution in [2.45, 2.75) is 38.5 Å². The number of aryl methyl sites for hydroxylation is 3. The molecule has 1 heterocycles. The Balaban J connectivity index is 2.02. The molecule has 3 rings (SSSR count). The highest BCUT2D eigenvalue weighted by molar-refractivity contribution is 7.92. The first-order chi connectivity index (χ1) is 11.8. The van der Waals surface area contributed by atoms with Gasteiger partial charge in [0.05, 0.1) is 10.6 Å². The zero-order valence-corrected chi connectivity index (χ0v) is 15.5. The third-order valence-corrected chi connectivity index (χ3v) is 6.52. The van der Waals surface area contributed by atoms with Crippen molar-refractivity contribution in [1.82, 2.24) is 0 Å². The summed E-state index contributed by atoms with van der Waals surface area (Å²) in [6.45, 7) is 6.15. The molecule has 0 spiro atoms. The third kappa shape index (κ3) is 3.26. The van der Waals surface area contributed by atoms with Gasteiger partial charge in [-0.25, -0.2) is 8.42 Å². The minimum atomic E-state index is -3.66. The van der Waals surface area contributed by atoms with Crippen LogP contribution in [0.1, 0.15) is 30.0 Å². The van der Waals surface area contributed by atoms with Crippen LogP contribution in [0.4, 0.5) is 11.4 Å². The maximum atomic E-state index is 13.1. The van der Waals surface area contributed by atoms with Crippen molar-refractivity contribution in [2.24, 2.45) is 0 Å². The van der Waals surface area contributed by atoms with Crippen molar-refractivity contribution in [3.63, 3.8) is 0 Å². The molecule has 0 fully saturated rings. The number of nitrogens with zero attached hydrogens (tertiary/aromatic N) is 1. The largest absolute Gasteiger partial charge is 0.326 e. The molecule has 6 heteroatoms. The molecule has 2 aromatic carbocycles. The van der Waals surface area contributed by atoms with Crippen LogP contribution in [0.25, 0.3) is 0 Å². The summed E-state index contributed by atoms with van der Waals surface area (Å²) in [4.78, 5) is 11.7. The Labute approximate surface area is 148 Å². The van der Waals surface area contributed by atoms with E-state index in [2.05, 4.69) is 5.32 Å².